The molecule has 1 aromatic heterocycles. The van der Waals surface area contributed by atoms with Gasteiger partial charge in [-0.2, -0.15) is 0 Å². The molecule has 0 saturated heterocycles. The summed E-state index contributed by atoms with van der Waals surface area (Å²) in [7, 11) is 0. The average Bonchev–Trinajstić information content (AvgIpc) is 2.97. The molecule has 1 aliphatic rings. The molecule has 1 aromatic carbocycles. The molecule has 3 nitrogen and oxygen atoms in total. The summed E-state index contributed by atoms with van der Waals surface area (Å²) < 4.78 is 6.49. The standard InChI is InChI=1S/C13H10BrNO2S/c14-12-5-8(7-18-12)13(16)15-10-6-17-11-4-2-1-3-9(10)11/h1-5,7,10H,6H2,(H,15,16). The van der Waals surface area contributed by atoms with E-state index in [4.69, 9.17) is 4.74 Å². The van der Waals surface area contributed by atoms with Crippen molar-refractivity contribution in [3.05, 3.63) is 50.6 Å². The van der Waals surface area contributed by atoms with Gasteiger partial charge in [-0.05, 0) is 28.1 Å². The van der Waals surface area contributed by atoms with Crippen LogP contribution in [0.5, 0.6) is 5.75 Å². The maximum atomic E-state index is 12.0. The minimum absolute atomic E-state index is 0.0626. The van der Waals surface area contributed by atoms with Crippen LogP contribution in [-0.2, 0) is 0 Å². The van der Waals surface area contributed by atoms with E-state index in [1.807, 2.05) is 35.7 Å². The van der Waals surface area contributed by atoms with Crippen LogP contribution in [0.2, 0.25) is 0 Å². The second kappa shape index (κ2) is 4.74. The van der Waals surface area contributed by atoms with Crippen molar-refractivity contribution in [2.24, 2.45) is 0 Å². The fourth-order valence-corrected chi connectivity index (χ4v) is 3.09. The highest BCUT2D eigenvalue weighted by Gasteiger charge is 2.25. The Balaban J connectivity index is 1.77. The van der Waals surface area contributed by atoms with Crippen molar-refractivity contribution in [3.63, 3.8) is 0 Å². The number of carbonyl (C=O) groups excluding carboxylic acids is 1. The van der Waals surface area contributed by atoms with Crippen LogP contribution in [0.3, 0.4) is 0 Å². The summed E-state index contributed by atoms with van der Waals surface area (Å²) >= 11 is 4.85. The fraction of sp³-hybridized carbons (Fsp3) is 0.154. The monoisotopic (exact) mass is 323 g/mol. The Morgan fingerprint density at radius 3 is 3.06 bits per heavy atom. The molecule has 3 rings (SSSR count). The molecule has 2 heterocycles. The van der Waals surface area contributed by atoms with E-state index < -0.39 is 0 Å². The minimum Gasteiger partial charge on any atom is -0.491 e. The van der Waals surface area contributed by atoms with Crippen LogP contribution in [0, 0.1) is 0 Å². The first-order valence-corrected chi connectivity index (χ1v) is 7.18. The van der Waals surface area contributed by atoms with Crippen LogP contribution in [0.1, 0.15) is 22.0 Å². The van der Waals surface area contributed by atoms with Gasteiger partial charge in [-0.3, -0.25) is 4.79 Å². The van der Waals surface area contributed by atoms with Gasteiger partial charge >= 0.3 is 0 Å². The smallest absolute Gasteiger partial charge is 0.252 e. The van der Waals surface area contributed by atoms with Crippen molar-refractivity contribution in [1.82, 2.24) is 5.32 Å². The summed E-state index contributed by atoms with van der Waals surface area (Å²) in [5.41, 5.74) is 1.72. The number of thiophene rings is 1. The molecule has 1 atom stereocenters. The van der Waals surface area contributed by atoms with Gasteiger partial charge in [0, 0.05) is 10.9 Å². The largest absolute Gasteiger partial charge is 0.491 e. The number of hydrogen-bond acceptors (Lipinski definition) is 3. The lowest BCUT2D eigenvalue weighted by Crippen LogP contribution is -2.29. The van der Waals surface area contributed by atoms with E-state index in [-0.39, 0.29) is 11.9 Å². The normalized spacial score (nSPS) is 17.1. The summed E-state index contributed by atoms with van der Waals surface area (Å²) in [6.45, 7) is 0.496. The topological polar surface area (TPSA) is 38.3 Å². The third-order valence-electron chi connectivity index (χ3n) is 2.83. The molecule has 0 saturated carbocycles. The zero-order valence-electron chi connectivity index (χ0n) is 9.35. The molecule has 1 aliphatic heterocycles. The molecule has 18 heavy (non-hydrogen) atoms. The van der Waals surface area contributed by atoms with Crippen LogP contribution in [0.15, 0.2) is 39.5 Å². The van der Waals surface area contributed by atoms with Crippen LogP contribution >= 0.6 is 27.3 Å². The first-order chi connectivity index (χ1) is 8.74. The number of fused-ring (bicyclic) bond motifs is 1. The predicted molar refractivity (Wildman–Crippen MR) is 74.2 cm³/mol. The van der Waals surface area contributed by atoms with Gasteiger partial charge in [0.25, 0.3) is 5.91 Å². The Bertz CT molecular complexity index is 596. The molecule has 0 spiro atoms. The Morgan fingerprint density at radius 1 is 1.44 bits per heavy atom. The molecular weight excluding hydrogens is 314 g/mol. The highest BCUT2D eigenvalue weighted by Crippen LogP contribution is 2.32. The second-order valence-corrected chi connectivity index (χ2v) is 6.30. The van der Waals surface area contributed by atoms with E-state index in [2.05, 4.69) is 21.2 Å². The average molecular weight is 324 g/mol. The van der Waals surface area contributed by atoms with Gasteiger partial charge in [0.15, 0.2) is 0 Å². The SMILES string of the molecule is O=C(NC1COc2ccccc21)c1csc(Br)c1. The maximum absolute atomic E-state index is 12.0. The molecule has 2 aromatic rings. The van der Waals surface area contributed by atoms with E-state index in [0.29, 0.717) is 12.2 Å². The maximum Gasteiger partial charge on any atom is 0.252 e. The van der Waals surface area contributed by atoms with E-state index in [1.54, 1.807) is 0 Å². The van der Waals surface area contributed by atoms with E-state index in [9.17, 15) is 4.79 Å². The molecule has 0 fully saturated rings. The minimum atomic E-state index is -0.0674. The number of para-hydroxylation sites is 1. The Kier molecular flexibility index (Phi) is 3.09. The first-order valence-electron chi connectivity index (χ1n) is 5.50. The highest BCUT2D eigenvalue weighted by molar-refractivity contribution is 9.11. The predicted octanol–water partition coefficient (Wildman–Crippen LogP) is 3.37. The highest BCUT2D eigenvalue weighted by atomic mass is 79.9. The summed E-state index contributed by atoms with van der Waals surface area (Å²) in [4.78, 5) is 12.0. The second-order valence-electron chi connectivity index (χ2n) is 4.01. The number of nitrogens with one attached hydrogen (secondary N) is 1. The lowest BCUT2D eigenvalue weighted by molar-refractivity contribution is 0.0931. The zero-order valence-corrected chi connectivity index (χ0v) is 11.8. The van der Waals surface area contributed by atoms with Crippen LogP contribution in [-0.4, -0.2) is 12.5 Å². The molecule has 0 aliphatic carbocycles. The van der Waals surface area contributed by atoms with Gasteiger partial charge in [0.2, 0.25) is 0 Å². The number of amides is 1. The van der Waals surface area contributed by atoms with Gasteiger partial charge in [-0.1, -0.05) is 18.2 Å². The number of benzene rings is 1. The molecule has 92 valence electrons. The Hall–Kier alpha value is -1.33. The first kappa shape index (κ1) is 11.7. The van der Waals surface area contributed by atoms with E-state index in [1.165, 1.54) is 11.3 Å². The molecule has 1 unspecified atom stereocenters. The number of halogens is 1. The number of carbonyl (C=O) groups is 1. The van der Waals surface area contributed by atoms with Gasteiger partial charge in [-0.25, -0.2) is 0 Å². The molecular formula is C13H10BrNO2S. The number of rotatable bonds is 2. The summed E-state index contributed by atoms with van der Waals surface area (Å²) in [5.74, 6) is 0.788. The summed E-state index contributed by atoms with van der Waals surface area (Å²) in [6.07, 6.45) is 0. The van der Waals surface area contributed by atoms with Crippen LogP contribution in [0.4, 0.5) is 0 Å². The number of hydrogen-bond donors (Lipinski definition) is 1. The van der Waals surface area contributed by atoms with Crippen molar-refractivity contribution in [3.8, 4) is 5.75 Å². The van der Waals surface area contributed by atoms with Crippen molar-refractivity contribution in [2.75, 3.05) is 6.61 Å². The van der Waals surface area contributed by atoms with Crippen molar-refractivity contribution in [2.45, 2.75) is 6.04 Å². The van der Waals surface area contributed by atoms with Crippen molar-refractivity contribution >= 4 is 33.2 Å². The van der Waals surface area contributed by atoms with Crippen LogP contribution < -0.4 is 10.1 Å². The number of ether oxygens (including phenoxy) is 1. The third-order valence-corrected chi connectivity index (χ3v) is 4.34. The van der Waals surface area contributed by atoms with Gasteiger partial charge < -0.3 is 10.1 Å². The third kappa shape index (κ3) is 2.15. The molecule has 0 radical (unpaired) electrons. The quantitative estimate of drug-likeness (QED) is 0.920. The van der Waals surface area contributed by atoms with E-state index in [0.717, 1.165) is 15.1 Å². The zero-order chi connectivity index (χ0) is 12.5. The summed E-state index contributed by atoms with van der Waals surface area (Å²) in [6, 6.07) is 9.54. The fourth-order valence-electron chi connectivity index (χ4n) is 1.95. The molecule has 0 bridgehead atoms. The van der Waals surface area contributed by atoms with Crippen LogP contribution in [0.25, 0.3) is 0 Å². The Morgan fingerprint density at radius 2 is 2.28 bits per heavy atom. The lowest BCUT2D eigenvalue weighted by Gasteiger charge is -2.10. The van der Waals surface area contributed by atoms with Gasteiger partial charge in [0.1, 0.15) is 12.4 Å². The summed E-state index contributed by atoms with van der Waals surface area (Å²) in [5, 5.41) is 4.82. The molecule has 1 N–H and O–H groups in total. The molecule has 5 heteroatoms. The Labute approximate surface area is 117 Å². The van der Waals surface area contributed by atoms with Gasteiger partial charge in [-0.15, -0.1) is 11.3 Å². The lowest BCUT2D eigenvalue weighted by atomic mass is 10.1. The van der Waals surface area contributed by atoms with Crippen molar-refractivity contribution in [1.29, 1.82) is 0 Å². The van der Waals surface area contributed by atoms with Crippen molar-refractivity contribution < 1.29 is 9.53 Å². The molecule has 1 amide bonds. The van der Waals surface area contributed by atoms with Gasteiger partial charge in [0.05, 0.1) is 15.4 Å². The van der Waals surface area contributed by atoms with E-state index >= 15 is 0 Å².